The molecule has 21 heavy (non-hydrogen) atoms. The first kappa shape index (κ1) is 15.7. The molecular formula is C15H14BrNO3S. The van der Waals surface area contributed by atoms with E-state index >= 15 is 0 Å². The number of carbonyl (C=O) groups is 2. The van der Waals surface area contributed by atoms with Gasteiger partial charge in [-0.2, -0.15) is 0 Å². The summed E-state index contributed by atoms with van der Waals surface area (Å²) in [6.45, 7) is 0. The maximum Gasteiger partial charge on any atom is 0.350 e. The molecule has 0 spiro atoms. The molecule has 0 aliphatic rings. The summed E-state index contributed by atoms with van der Waals surface area (Å²) >= 11 is 4.65. The van der Waals surface area contributed by atoms with Crippen LogP contribution in [-0.2, 0) is 16.0 Å². The average Bonchev–Trinajstić information content (AvgIpc) is 2.92. The molecule has 0 aliphatic heterocycles. The van der Waals surface area contributed by atoms with Crippen molar-refractivity contribution in [2.45, 2.75) is 12.8 Å². The summed E-state index contributed by atoms with van der Waals surface area (Å²) in [4.78, 5) is 23.9. The number of amides is 1. The Hall–Kier alpha value is -1.66. The molecule has 1 heterocycles. The molecular weight excluding hydrogens is 354 g/mol. The molecule has 0 unspecified atom stereocenters. The molecule has 2 aromatic rings. The molecule has 4 nitrogen and oxygen atoms in total. The van der Waals surface area contributed by atoms with Gasteiger partial charge < -0.3 is 10.1 Å². The lowest BCUT2D eigenvalue weighted by molar-refractivity contribution is -0.116. The van der Waals surface area contributed by atoms with Crippen LogP contribution in [0, 0.1) is 0 Å². The largest absolute Gasteiger partial charge is 0.465 e. The van der Waals surface area contributed by atoms with E-state index in [1.54, 1.807) is 11.4 Å². The number of benzene rings is 1. The van der Waals surface area contributed by atoms with Crippen LogP contribution in [0.5, 0.6) is 0 Å². The molecule has 0 atom stereocenters. The maximum absolute atomic E-state index is 12.0. The molecule has 1 N–H and O–H groups in total. The highest BCUT2D eigenvalue weighted by atomic mass is 79.9. The Labute approximate surface area is 135 Å². The SMILES string of the molecule is COC(=O)c1sccc1NC(=O)CCc1cccc(Br)c1. The summed E-state index contributed by atoms with van der Waals surface area (Å²) in [7, 11) is 1.32. The van der Waals surface area contributed by atoms with E-state index in [0.29, 0.717) is 23.4 Å². The van der Waals surface area contributed by atoms with E-state index in [-0.39, 0.29) is 5.91 Å². The van der Waals surface area contributed by atoms with Gasteiger partial charge in [0, 0.05) is 10.9 Å². The second-order valence-electron chi connectivity index (χ2n) is 4.33. The maximum atomic E-state index is 12.0. The standard InChI is InChI=1S/C15H14BrNO3S/c1-20-15(19)14-12(7-8-21-14)17-13(18)6-5-10-3-2-4-11(16)9-10/h2-4,7-9H,5-6H2,1H3,(H,17,18). The van der Waals surface area contributed by atoms with Crippen LogP contribution in [0.15, 0.2) is 40.2 Å². The van der Waals surface area contributed by atoms with E-state index < -0.39 is 5.97 Å². The average molecular weight is 368 g/mol. The van der Waals surface area contributed by atoms with Crippen LogP contribution in [0.2, 0.25) is 0 Å². The molecule has 1 amide bonds. The van der Waals surface area contributed by atoms with Crippen LogP contribution in [0.1, 0.15) is 21.7 Å². The van der Waals surface area contributed by atoms with Crippen molar-refractivity contribution in [1.29, 1.82) is 0 Å². The highest BCUT2D eigenvalue weighted by Crippen LogP contribution is 2.23. The van der Waals surface area contributed by atoms with Crippen molar-refractivity contribution in [3.63, 3.8) is 0 Å². The fraction of sp³-hybridized carbons (Fsp3) is 0.200. The molecule has 1 aromatic carbocycles. The number of methoxy groups -OCH3 is 1. The first-order chi connectivity index (χ1) is 10.1. The molecule has 1 aromatic heterocycles. The Bertz CT molecular complexity index is 654. The fourth-order valence-corrected chi connectivity index (χ4v) is 3.03. The van der Waals surface area contributed by atoms with E-state index in [4.69, 9.17) is 0 Å². The Balaban J connectivity index is 1.93. The first-order valence-corrected chi connectivity index (χ1v) is 7.97. The zero-order valence-electron chi connectivity index (χ0n) is 11.4. The van der Waals surface area contributed by atoms with E-state index in [2.05, 4.69) is 26.0 Å². The molecule has 0 bridgehead atoms. The van der Waals surface area contributed by atoms with Gasteiger partial charge in [-0.25, -0.2) is 4.79 Å². The molecule has 0 aliphatic carbocycles. The van der Waals surface area contributed by atoms with Gasteiger partial charge in [0.1, 0.15) is 4.88 Å². The first-order valence-electron chi connectivity index (χ1n) is 6.30. The van der Waals surface area contributed by atoms with E-state index in [0.717, 1.165) is 10.0 Å². The Morgan fingerprint density at radius 2 is 2.14 bits per heavy atom. The topological polar surface area (TPSA) is 55.4 Å². The Morgan fingerprint density at radius 1 is 1.33 bits per heavy atom. The minimum absolute atomic E-state index is 0.126. The number of esters is 1. The molecule has 6 heteroatoms. The lowest BCUT2D eigenvalue weighted by Crippen LogP contribution is -2.14. The molecule has 0 saturated heterocycles. The van der Waals surface area contributed by atoms with Gasteiger partial charge in [-0.15, -0.1) is 11.3 Å². The second-order valence-corrected chi connectivity index (χ2v) is 6.16. The van der Waals surface area contributed by atoms with Crippen molar-refractivity contribution >= 4 is 44.8 Å². The van der Waals surface area contributed by atoms with E-state index in [1.807, 2.05) is 24.3 Å². The molecule has 0 fully saturated rings. The predicted molar refractivity (Wildman–Crippen MR) is 86.8 cm³/mol. The van der Waals surface area contributed by atoms with Crippen molar-refractivity contribution in [3.8, 4) is 0 Å². The molecule has 0 saturated carbocycles. The number of halogens is 1. The second kappa shape index (κ2) is 7.38. The summed E-state index contributed by atoms with van der Waals surface area (Å²) in [5, 5.41) is 4.50. The Morgan fingerprint density at radius 3 is 2.86 bits per heavy atom. The highest BCUT2D eigenvalue weighted by molar-refractivity contribution is 9.10. The normalized spacial score (nSPS) is 10.2. The third-order valence-electron chi connectivity index (χ3n) is 2.84. The van der Waals surface area contributed by atoms with Gasteiger partial charge in [-0.3, -0.25) is 4.79 Å². The zero-order valence-corrected chi connectivity index (χ0v) is 13.8. The summed E-state index contributed by atoms with van der Waals surface area (Å²) < 4.78 is 5.67. The molecule has 110 valence electrons. The predicted octanol–water partition coefficient (Wildman–Crippen LogP) is 3.87. The lowest BCUT2D eigenvalue weighted by Gasteiger charge is -2.06. The number of rotatable bonds is 5. The monoisotopic (exact) mass is 367 g/mol. The van der Waals surface area contributed by atoms with Gasteiger partial charge in [0.15, 0.2) is 0 Å². The minimum atomic E-state index is -0.438. The summed E-state index contributed by atoms with van der Waals surface area (Å²) in [6.07, 6.45) is 0.996. The van der Waals surface area contributed by atoms with Crippen molar-refractivity contribution in [2.24, 2.45) is 0 Å². The lowest BCUT2D eigenvalue weighted by atomic mass is 10.1. The third kappa shape index (κ3) is 4.41. The van der Waals surface area contributed by atoms with Crippen molar-refractivity contribution < 1.29 is 14.3 Å². The number of carbonyl (C=O) groups excluding carboxylic acids is 2. The number of nitrogens with one attached hydrogen (secondary N) is 1. The van der Waals surface area contributed by atoms with Crippen LogP contribution in [0.3, 0.4) is 0 Å². The highest BCUT2D eigenvalue weighted by Gasteiger charge is 2.15. The minimum Gasteiger partial charge on any atom is -0.465 e. The van der Waals surface area contributed by atoms with Gasteiger partial charge in [0.2, 0.25) is 5.91 Å². The smallest absolute Gasteiger partial charge is 0.350 e. The number of thiophene rings is 1. The zero-order chi connectivity index (χ0) is 15.2. The summed E-state index contributed by atoms with van der Waals surface area (Å²) in [5.74, 6) is -0.564. The summed E-state index contributed by atoms with van der Waals surface area (Å²) in [6, 6.07) is 9.54. The third-order valence-corrected chi connectivity index (χ3v) is 4.23. The van der Waals surface area contributed by atoms with Gasteiger partial charge in [-0.05, 0) is 35.6 Å². The van der Waals surface area contributed by atoms with E-state index in [1.165, 1.54) is 18.4 Å². The fourth-order valence-electron chi connectivity index (χ4n) is 1.82. The van der Waals surface area contributed by atoms with Gasteiger partial charge >= 0.3 is 5.97 Å². The van der Waals surface area contributed by atoms with Crippen LogP contribution in [0.25, 0.3) is 0 Å². The number of hydrogen-bond donors (Lipinski definition) is 1. The van der Waals surface area contributed by atoms with Crippen LogP contribution >= 0.6 is 27.3 Å². The number of hydrogen-bond acceptors (Lipinski definition) is 4. The van der Waals surface area contributed by atoms with E-state index in [9.17, 15) is 9.59 Å². The van der Waals surface area contributed by atoms with Gasteiger partial charge in [-0.1, -0.05) is 28.1 Å². The van der Waals surface area contributed by atoms with Crippen LogP contribution < -0.4 is 5.32 Å². The van der Waals surface area contributed by atoms with Crippen LogP contribution in [-0.4, -0.2) is 19.0 Å². The number of ether oxygens (including phenoxy) is 1. The van der Waals surface area contributed by atoms with Crippen molar-refractivity contribution in [3.05, 3.63) is 50.6 Å². The van der Waals surface area contributed by atoms with Crippen molar-refractivity contribution in [1.82, 2.24) is 0 Å². The Kier molecular flexibility index (Phi) is 5.52. The quantitative estimate of drug-likeness (QED) is 0.816. The number of aryl methyl sites for hydroxylation is 1. The molecule has 0 radical (unpaired) electrons. The summed E-state index contributed by atoms with van der Waals surface area (Å²) in [5.41, 5.74) is 1.59. The molecule has 2 rings (SSSR count). The van der Waals surface area contributed by atoms with Crippen molar-refractivity contribution in [2.75, 3.05) is 12.4 Å². The van der Waals surface area contributed by atoms with Gasteiger partial charge in [0.25, 0.3) is 0 Å². The van der Waals surface area contributed by atoms with Crippen LogP contribution in [0.4, 0.5) is 5.69 Å². The van der Waals surface area contributed by atoms with Gasteiger partial charge in [0.05, 0.1) is 12.8 Å². The number of anilines is 1.